The first-order chi connectivity index (χ1) is 13.8. The van der Waals surface area contributed by atoms with Gasteiger partial charge in [-0.15, -0.1) is 0 Å². The molecule has 0 amide bonds. The van der Waals surface area contributed by atoms with Crippen LogP contribution in [0.2, 0.25) is 0 Å². The molecule has 5 aromatic rings. The van der Waals surface area contributed by atoms with Crippen molar-refractivity contribution >= 4 is 44.2 Å². The van der Waals surface area contributed by atoms with Gasteiger partial charge in [0.25, 0.3) is 0 Å². The topological polar surface area (TPSA) is 17.1 Å². The van der Waals surface area contributed by atoms with Gasteiger partial charge in [0.1, 0.15) is 0 Å². The molecule has 0 aromatic heterocycles. The Labute approximate surface area is 163 Å². The Morgan fingerprint density at radius 1 is 0.571 bits per heavy atom. The maximum atomic E-state index is 13.0. The number of rotatable bonds is 3. The average Bonchev–Trinajstić information content (AvgIpc) is 2.76. The molecule has 0 bridgehead atoms. The first-order valence-corrected chi connectivity index (χ1v) is 9.42. The number of carbonyl (C=O) groups excluding carboxylic acids is 1. The lowest BCUT2D eigenvalue weighted by Crippen LogP contribution is -1.95. The van der Waals surface area contributed by atoms with E-state index in [-0.39, 0.29) is 5.78 Å². The zero-order valence-electron chi connectivity index (χ0n) is 15.3. The second kappa shape index (κ2) is 6.79. The minimum absolute atomic E-state index is 0.0221. The Hall–Kier alpha value is -3.71. The average molecular weight is 358 g/mol. The summed E-state index contributed by atoms with van der Waals surface area (Å²) in [5, 5.41) is 6.74. The van der Waals surface area contributed by atoms with Gasteiger partial charge in [0.15, 0.2) is 5.78 Å². The molecule has 0 aliphatic carbocycles. The van der Waals surface area contributed by atoms with Crippen molar-refractivity contribution in [3.8, 4) is 0 Å². The van der Waals surface area contributed by atoms with Gasteiger partial charge in [0.2, 0.25) is 0 Å². The normalized spacial score (nSPS) is 11.6. The molecule has 0 N–H and O–H groups in total. The first-order valence-electron chi connectivity index (χ1n) is 9.42. The van der Waals surface area contributed by atoms with E-state index in [0.717, 1.165) is 32.7 Å². The highest BCUT2D eigenvalue weighted by Crippen LogP contribution is 2.30. The molecule has 0 aliphatic heterocycles. The SMILES string of the molecule is O=C(/C=C\c1c2ccccc2cc2ccccc12)c1cccc2ccccc12. The lowest BCUT2D eigenvalue weighted by atomic mass is 9.95. The van der Waals surface area contributed by atoms with Crippen LogP contribution in [0.3, 0.4) is 0 Å². The molecule has 28 heavy (non-hydrogen) atoms. The molecule has 0 aliphatic rings. The minimum Gasteiger partial charge on any atom is -0.289 e. The molecule has 0 unspecified atom stereocenters. The van der Waals surface area contributed by atoms with Crippen LogP contribution < -0.4 is 0 Å². The number of carbonyl (C=O) groups is 1. The van der Waals surface area contributed by atoms with E-state index >= 15 is 0 Å². The predicted octanol–water partition coefficient (Wildman–Crippen LogP) is 7.04. The number of allylic oxidation sites excluding steroid dienone is 1. The van der Waals surface area contributed by atoms with Crippen LogP contribution in [0.1, 0.15) is 15.9 Å². The molecular weight excluding hydrogens is 340 g/mol. The summed E-state index contributed by atoms with van der Waals surface area (Å²) < 4.78 is 0. The van der Waals surface area contributed by atoms with Crippen LogP contribution in [-0.4, -0.2) is 5.78 Å². The highest BCUT2D eigenvalue weighted by Gasteiger charge is 2.09. The van der Waals surface area contributed by atoms with E-state index in [0.29, 0.717) is 0 Å². The van der Waals surface area contributed by atoms with Crippen molar-refractivity contribution in [2.75, 3.05) is 0 Å². The molecule has 1 heteroatoms. The van der Waals surface area contributed by atoms with E-state index in [1.807, 2.05) is 72.8 Å². The van der Waals surface area contributed by atoms with Crippen LogP contribution in [0.4, 0.5) is 0 Å². The van der Waals surface area contributed by atoms with Crippen molar-refractivity contribution in [1.29, 1.82) is 0 Å². The number of ketones is 1. The molecule has 0 atom stereocenters. The Kier molecular flexibility index (Phi) is 3.99. The Morgan fingerprint density at radius 2 is 1.11 bits per heavy atom. The minimum atomic E-state index is 0.0221. The lowest BCUT2D eigenvalue weighted by Gasteiger charge is -2.08. The Balaban J connectivity index is 1.66. The maximum Gasteiger partial charge on any atom is 0.186 e. The van der Waals surface area contributed by atoms with Crippen molar-refractivity contribution in [2.45, 2.75) is 0 Å². The number of benzene rings is 5. The number of fused-ring (bicyclic) bond motifs is 3. The Bertz CT molecular complexity index is 1320. The molecule has 5 aromatic carbocycles. The third kappa shape index (κ3) is 2.78. The summed E-state index contributed by atoms with van der Waals surface area (Å²) in [5.41, 5.74) is 1.82. The monoisotopic (exact) mass is 358 g/mol. The van der Waals surface area contributed by atoms with E-state index < -0.39 is 0 Å². The second-order valence-corrected chi connectivity index (χ2v) is 6.96. The quantitative estimate of drug-likeness (QED) is 0.192. The van der Waals surface area contributed by atoms with Gasteiger partial charge in [-0.3, -0.25) is 4.79 Å². The summed E-state index contributed by atoms with van der Waals surface area (Å²) in [4.78, 5) is 13.0. The number of hydrogen-bond donors (Lipinski definition) is 0. The summed E-state index contributed by atoms with van der Waals surface area (Å²) in [6, 6.07) is 32.7. The molecule has 0 saturated heterocycles. The van der Waals surface area contributed by atoms with Crippen LogP contribution in [0.15, 0.2) is 103 Å². The summed E-state index contributed by atoms with van der Waals surface area (Å²) in [6.45, 7) is 0. The molecular formula is C27H18O. The highest BCUT2D eigenvalue weighted by molar-refractivity contribution is 6.16. The largest absolute Gasteiger partial charge is 0.289 e. The Morgan fingerprint density at radius 3 is 1.79 bits per heavy atom. The first kappa shape index (κ1) is 16.5. The van der Waals surface area contributed by atoms with E-state index in [1.165, 1.54) is 10.8 Å². The zero-order valence-corrected chi connectivity index (χ0v) is 15.3. The van der Waals surface area contributed by atoms with Gasteiger partial charge in [-0.1, -0.05) is 91.0 Å². The molecule has 0 fully saturated rings. The summed E-state index contributed by atoms with van der Waals surface area (Å²) in [5.74, 6) is 0.0221. The van der Waals surface area contributed by atoms with E-state index in [1.54, 1.807) is 6.08 Å². The zero-order chi connectivity index (χ0) is 18.9. The van der Waals surface area contributed by atoms with Gasteiger partial charge in [-0.05, 0) is 56.1 Å². The van der Waals surface area contributed by atoms with Gasteiger partial charge in [-0.2, -0.15) is 0 Å². The summed E-state index contributed by atoms with van der Waals surface area (Å²) >= 11 is 0. The lowest BCUT2D eigenvalue weighted by molar-refractivity contribution is 0.104. The third-order valence-corrected chi connectivity index (χ3v) is 5.27. The fourth-order valence-electron chi connectivity index (χ4n) is 3.92. The van der Waals surface area contributed by atoms with Crippen molar-refractivity contribution < 1.29 is 4.79 Å². The summed E-state index contributed by atoms with van der Waals surface area (Å²) in [6.07, 6.45) is 3.67. The molecule has 132 valence electrons. The third-order valence-electron chi connectivity index (χ3n) is 5.27. The van der Waals surface area contributed by atoms with Gasteiger partial charge >= 0.3 is 0 Å². The van der Waals surface area contributed by atoms with Crippen LogP contribution in [0, 0.1) is 0 Å². The fourth-order valence-corrected chi connectivity index (χ4v) is 3.92. The summed E-state index contributed by atoms with van der Waals surface area (Å²) in [7, 11) is 0. The van der Waals surface area contributed by atoms with Gasteiger partial charge < -0.3 is 0 Å². The van der Waals surface area contributed by atoms with Crippen molar-refractivity contribution in [2.24, 2.45) is 0 Å². The highest BCUT2D eigenvalue weighted by atomic mass is 16.1. The molecule has 0 spiro atoms. The van der Waals surface area contributed by atoms with E-state index in [2.05, 4.69) is 30.3 Å². The molecule has 0 saturated carbocycles. The van der Waals surface area contributed by atoms with Gasteiger partial charge in [0, 0.05) is 5.56 Å². The molecule has 0 radical (unpaired) electrons. The van der Waals surface area contributed by atoms with Crippen LogP contribution in [0.25, 0.3) is 38.4 Å². The maximum absolute atomic E-state index is 13.0. The smallest absolute Gasteiger partial charge is 0.186 e. The van der Waals surface area contributed by atoms with Crippen LogP contribution in [-0.2, 0) is 0 Å². The standard InChI is InChI=1S/C27H18O/c28-27(26-15-7-11-19-8-1-4-12-22(19)26)17-16-25-23-13-5-2-9-20(23)18-21-10-3-6-14-24(21)25/h1-18H/b17-16-. The van der Waals surface area contributed by atoms with Crippen molar-refractivity contribution in [3.05, 3.63) is 114 Å². The fraction of sp³-hybridized carbons (Fsp3) is 0. The van der Waals surface area contributed by atoms with Gasteiger partial charge in [0.05, 0.1) is 0 Å². The van der Waals surface area contributed by atoms with E-state index in [4.69, 9.17) is 0 Å². The van der Waals surface area contributed by atoms with Crippen molar-refractivity contribution in [3.63, 3.8) is 0 Å². The second-order valence-electron chi connectivity index (χ2n) is 6.96. The van der Waals surface area contributed by atoms with Gasteiger partial charge in [-0.25, -0.2) is 0 Å². The number of hydrogen-bond acceptors (Lipinski definition) is 1. The van der Waals surface area contributed by atoms with Crippen molar-refractivity contribution in [1.82, 2.24) is 0 Å². The molecule has 1 nitrogen and oxygen atoms in total. The van der Waals surface area contributed by atoms with Crippen LogP contribution >= 0.6 is 0 Å². The molecule has 0 heterocycles. The molecule has 5 rings (SSSR count). The van der Waals surface area contributed by atoms with E-state index in [9.17, 15) is 4.79 Å². The predicted molar refractivity (Wildman–Crippen MR) is 119 cm³/mol. The van der Waals surface area contributed by atoms with Crippen LogP contribution in [0.5, 0.6) is 0 Å².